The number of anilines is 2. The van der Waals surface area contributed by atoms with Gasteiger partial charge in [0.05, 0.1) is 22.2 Å². The molecular formula is C13H19Cl2N3O. The van der Waals surface area contributed by atoms with Crippen molar-refractivity contribution in [2.24, 2.45) is 5.92 Å². The number of rotatable bonds is 3. The van der Waals surface area contributed by atoms with Crippen LogP contribution in [0.2, 0.25) is 10.0 Å². The summed E-state index contributed by atoms with van der Waals surface area (Å²) in [5, 5.41) is 13.7. The highest BCUT2D eigenvalue weighted by atomic mass is 35.5. The van der Waals surface area contributed by atoms with Crippen molar-refractivity contribution in [2.75, 3.05) is 17.7 Å². The zero-order valence-corrected chi connectivity index (χ0v) is 12.4. The second kappa shape index (κ2) is 5.73. The Morgan fingerprint density at radius 2 is 2.05 bits per heavy atom. The summed E-state index contributed by atoms with van der Waals surface area (Å²) in [6, 6.07) is 1.57. The average molecular weight is 304 g/mol. The first-order valence-corrected chi connectivity index (χ1v) is 7.22. The van der Waals surface area contributed by atoms with Crippen molar-refractivity contribution < 1.29 is 5.11 Å². The quantitative estimate of drug-likeness (QED) is 0.801. The maximum absolute atomic E-state index is 9.71. The molecule has 0 amide bonds. The van der Waals surface area contributed by atoms with Gasteiger partial charge < -0.3 is 16.2 Å². The first-order chi connectivity index (χ1) is 8.96. The highest BCUT2D eigenvalue weighted by Gasteiger charge is 2.34. The molecule has 106 valence electrons. The molecule has 0 aliphatic heterocycles. The van der Waals surface area contributed by atoms with Crippen LogP contribution < -0.4 is 11.1 Å². The standard InChI is InChI=1S/C13H19Cl2N3O/c1-8-2-4-13(7-19,5-3-8)18-12-10(15)6-9(14)11(16)17-12/h6,8,19H,2-5,7H2,1H3,(H3,16,17,18). The van der Waals surface area contributed by atoms with E-state index in [4.69, 9.17) is 28.9 Å². The molecule has 19 heavy (non-hydrogen) atoms. The number of aromatic nitrogens is 1. The van der Waals surface area contributed by atoms with Crippen molar-refractivity contribution >= 4 is 34.8 Å². The van der Waals surface area contributed by atoms with E-state index < -0.39 is 0 Å². The van der Waals surface area contributed by atoms with Gasteiger partial charge >= 0.3 is 0 Å². The van der Waals surface area contributed by atoms with E-state index >= 15 is 0 Å². The third-order valence-electron chi connectivity index (χ3n) is 3.87. The molecule has 2 rings (SSSR count). The lowest BCUT2D eigenvalue weighted by atomic mass is 9.77. The molecule has 1 aromatic rings. The van der Waals surface area contributed by atoms with Crippen molar-refractivity contribution in [3.63, 3.8) is 0 Å². The first kappa shape index (κ1) is 14.7. The predicted molar refractivity (Wildman–Crippen MR) is 79.7 cm³/mol. The fourth-order valence-electron chi connectivity index (χ4n) is 2.46. The third kappa shape index (κ3) is 3.25. The summed E-state index contributed by atoms with van der Waals surface area (Å²) in [4.78, 5) is 4.17. The van der Waals surface area contributed by atoms with Crippen LogP contribution in [-0.2, 0) is 0 Å². The van der Waals surface area contributed by atoms with Gasteiger partial charge in [-0.05, 0) is 37.7 Å². The van der Waals surface area contributed by atoms with Crippen LogP contribution in [-0.4, -0.2) is 22.2 Å². The molecule has 0 aromatic carbocycles. The van der Waals surface area contributed by atoms with Crippen LogP contribution in [0.15, 0.2) is 6.07 Å². The number of halogens is 2. The maximum atomic E-state index is 9.71. The normalized spacial score (nSPS) is 27.3. The van der Waals surface area contributed by atoms with Gasteiger partial charge in [-0.1, -0.05) is 30.1 Å². The third-order valence-corrected chi connectivity index (χ3v) is 4.47. The fourth-order valence-corrected chi connectivity index (χ4v) is 2.86. The SMILES string of the molecule is CC1CCC(CO)(Nc2nc(N)c(Cl)cc2Cl)CC1. The summed E-state index contributed by atoms with van der Waals surface area (Å²) in [6.07, 6.45) is 3.94. The van der Waals surface area contributed by atoms with E-state index in [1.165, 1.54) is 0 Å². The second-order valence-corrected chi connectivity index (χ2v) is 6.25. The van der Waals surface area contributed by atoms with Crippen molar-refractivity contribution in [3.05, 3.63) is 16.1 Å². The molecule has 0 radical (unpaired) electrons. The molecule has 0 bridgehead atoms. The Morgan fingerprint density at radius 3 is 2.63 bits per heavy atom. The molecule has 4 N–H and O–H groups in total. The maximum Gasteiger partial charge on any atom is 0.147 e. The van der Waals surface area contributed by atoms with E-state index in [9.17, 15) is 5.11 Å². The van der Waals surface area contributed by atoms with Gasteiger partial charge in [-0.2, -0.15) is 0 Å². The van der Waals surface area contributed by atoms with Crippen LogP contribution in [0.5, 0.6) is 0 Å². The number of nitrogens with zero attached hydrogens (tertiary/aromatic N) is 1. The number of aliphatic hydroxyl groups excluding tert-OH is 1. The number of nitrogens with two attached hydrogens (primary N) is 1. The van der Waals surface area contributed by atoms with Crippen LogP contribution in [0.1, 0.15) is 32.6 Å². The van der Waals surface area contributed by atoms with Crippen LogP contribution in [0.25, 0.3) is 0 Å². The summed E-state index contributed by atoms with van der Waals surface area (Å²) in [5.41, 5.74) is 5.34. The number of hydrogen-bond acceptors (Lipinski definition) is 4. The Bertz CT molecular complexity index is 459. The van der Waals surface area contributed by atoms with E-state index in [0.717, 1.165) is 25.7 Å². The van der Waals surface area contributed by atoms with Crippen LogP contribution in [0, 0.1) is 5.92 Å². The molecule has 0 unspecified atom stereocenters. The Hall–Kier alpha value is -0.710. The predicted octanol–water partition coefficient (Wildman–Crippen LogP) is 3.32. The monoisotopic (exact) mass is 303 g/mol. The van der Waals surface area contributed by atoms with Crippen molar-refractivity contribution in [1.29, 1.82) is 0 Å². The van der Waals surface area contributed by atoms with Crippen molar-refractivity contribution in [1.82, 2.24) is 4.98 Å². The van der Waals surface area contributed by atoms with E-state index in [0.29, 0.717) is 21.8 Å². The topological polar surface area (TPSA) is 71.2 Å². The van der Waals surface area contributed by atoms with Crippen molar-refractivity contribution in [3.8, 4) is 0 Å². The molecule has 1 aliphatic carbocycles. The minimum absolute atomic E-state index is 0.0558. The van der Waals surface area contributed by atoms with Gasteiger partial charge in [0.1, 0.15) is 11.6 Å². The van der Waals surface area contributed by atoms with E-state index in [1.54, 1.807) is 6.07 Å². The average Bonchev–Trinajstić information content (AvgIpc) is 2.39. The molecule has 1 aromatic heterocycles. The number of hydrogen-bond donors (Lipinski definition) is 3. The minimum atomic E-state index is -0.358. The fraction of sp³-hybridized carbons (Fsp3) is 0.615. The summed E-state index contributed by atoms with van der Waals surface area (Å²) >= 11 is 12.0. The Kier molecular flexibility index (Phi) is 4.43. The second-order valence-electron chi connectivity index (χ2n) is 5.43. The lowest BCUT2D eigenvalue weighted by Crippen LogP contribution is -2.45. The smallest absolute Gasteiger partial charge is 0.147 e. The van der Waals surface area contributed by atoms with Gasteiger partial charge in [-0.15, -0.1) is 0 Å². The van der Waals surface area contributed by atoms with Gasteiger partial charge in [0, 0.05) is 0 Å². The largest absolute Gasteiger partial charge is 0.394 e. The Labute approximate surface area is 123 Å². The van der Waals surface area contributed by atoms with Gasteiger partial charge in [-0.25, -0.2) is 4.98 Å². The number of aliphatic hydroxyl groups is 1. The van der Waals surface area contributed by atoms with E-state index in [1.807, 2.05) is 0 Å². The first-order valence-electron chi connectivity index (χ1n) is 6.46. The molecule has 1 heterocycles. The number of pyridine rings is 1. The molecule has 4 nitrogen and oxygen atoms in total. The van der Waals surface area contributed by atoms with Gasteiger partial charge in [-0.3, -0.25) is 0 Å². The van der Waals surface area contributed by atoms with Crippen molar-refractivity contribution in [2.45, 2.75) is 38.1 Å². The summed E-state index contributed by atoms with van der Waals surface area (Å²) in [5.74, 6) is 1.43. The van der Waals surface area contributed by atoms with E-state index in [-0.39, 0.29) is 18.0 Å². The van der Waals surface area contributed by atoms with Crippen LogP contribution in [0.4, 0.5) is 11.6 Å². The lowest BCUT2D eigenvalue weighted by molar-refractivity contribution is 0.155. The summed E-state index contributed by atoms with van der Waals surface area (Å²) < 4.78 is 0. The summed E-state index contributed by atoms with van der Waals surface area (Å²) in [6.45, 7) is 2.28. The zero-order chi connectivity index (χ0) is 14.0. The van der Waals surface area contributed by atoms with Gasteiger partial charge in [0.15, 0.2) is 0 Å². The molecule has 0 spiro atoms. The molecule has 1 fully saturated rings. The summed E-state index contributed by atoms with van der Waals surface area (Å²) in [7, 11) is 0. The lowest BCUT2D eigenvalue weighted by Gasteiger charge is -2.39. The zero-order valence-electron chi connectivity index (χ0n) is 10.9. The Morgan fingerprint density at radius 1 is 1.42 bits per heavy atom. The van der Waals surface area contributed by atoms with Crippen LogP contribution in [0.3, 0.4) is 0 Å². The van der Waals surface area contributed by atoms with E-state index in [2.05, 4.69) is 17.2 Å². The number of nitrogen functional groups attached to an aromatic ring is 1. The molecule has 0 saturated heterocycles. The molecular weight excluding hydrogens is 285 g/mol. The van der Waals surface area contributed by atoms with Gasteiger partial charge in [0.2, 0.25) is 0 Å². The molecule has 1 aliphatic rings. The van der Waals surface area contributed by atoms with Crippen LogP contribution >= 0.6 is 23.2 Å². The van der Waals surface area contributed by atoms with Gasteiger partial charge in [0.25, 0.3) is 0 Å². The highest BCUT2D eigenvalue weighted by Crippen LogP contribution is 2.36. The molecule has 0 atom stereocenters. The number of nitrogens with one attached hydrogen (secondary N) is 1. The Balaban J connectivity index is 2.21. The molecule has 6 heteroatoms. The minimum Gasteiger partial charge on any atom is -0.394 e. The molecule has 1 saturated carbocycles. The highest BCUT2D eigenvalue weighted by molar-refractivity contribution is 6.37.